The Morgan fingerprint density at radius 1 is 1.14 bits per heavy atom. The molecule has 2 aromatic carbocycles. The number of nitrogens with zero attached hydrogens (tertiary/aromatic N) is 1. The Balaban J connectivity index is 1.90. The molecule has 21 heavy (non-hydrogen) atoms. The fourth-order valence-electron chi connectivity index (χ4n) is 2.44. The molecule has 4 heteroatoms. The molecule has 1 unspecified atom stereocenters. The van der Waals surface area contributed by atoms with Crippen molar-refractivity contribution in [2.24, 2.45) is 0 Å². The highest BCUT2D eigenvalue weighted by molar-refractivity contribution is 5.99. The molecule has 108 valence electrons. The fourth-order valence-corrected chi connectivity index (χ4v) is 2.44. The first kappa shape index (κ1) is 13.5. The van der Waals surface area contributed by atoms with Gasteiger partial charge in [0.1, 0.15) is 11.5 Å². The van der Waals surface area contributed by atoms with Crippen LogP contribution in [0, 0.1) is 0 Å². The molecule has 0 saturated heterocycles. The van der Waals surface area contributed by atoms with Crippen LogP contribution >= 0.6 is 0 Å². The molecular weight excluding hydrogens is 266 g/mol. The van der Waals surface area contributed by atoms with Gasteiger partial charge in [-0.3, -0.25) is 4.79 Å². The maximum Gasteiger partial charge on any atom is 0.268 e. The fraction of sp³-hybridized carbons (Fsp3) is 0.235. The van der Waals surface area contributed by atoms with Crippen molar-refractivity contribution in [2.45, 2.75) is 19.6 Å². The minimum Gasteiger partial charge on any atom is -0.497 e. The molecule has 1 heterocycles. The van der Waals surface area contributed by atoms with Crippen molar-refractivity contribution in [3.8, 4) is 11.5 Å². The SMILES string of the molecule is COc1ccc(CN2C(=O)C(C)Oc3ccccc32)cc1. The third kappa shape index (κ3) is 2.57. The van der Waals surface area contributed by atoms with Crippen molar-refractivity contribution in [1.82, 2.24) is 0 Å². The van der Waals surface area contributed by atoms with Crippen LogP contribution in [0.25, 0.3) is 0 Å². The molecule has 0 aromatic heterocycles. The standard InChI is InChI=1S/C17H17NO3/c1-12-17(19)18(15-5-3-4-6-16(15)21-12)11-13-7-9-14(20-2)10-8-13/h3-10,12H,11H2,1-2H3. The van der Waals surface area contributed by atoms with Crippen LogP contribution in [0.15, 0.2) is 48.5 Å². The number of carbonyl (C=O) groups excluding carboxylic acids is 1. The first-order valence-electron chi connectivity index (χ1n) is 6.89. The van der Waals surface area contributed by atoms with Gasteiger partial charge in [0.25, 0.3) is 5.91 Å². The number of hydrogen-bond donors (Lipinski definition) is 0. The van der Waals surface area contributed by atoms with Crippen molar-refractivity contribution in [3.05, 3.63) is 54.1 Å². The van der Waals surface area contributed by atoms with Crippen molar-refractivity contribution in [1.29, 1.82) is 0 Å². The zero-order valence-corrected chi connectivity index (χ0v) is 12.1. The van der Waals surface area contributed by atoms with E-state index < -0.39 is 6.10 Å². The van der Waals surface area contributed by atoms with Gasteiger partial charge in [-0.1, -0.05) is 24.3 Å². The van der Waals surface area contributed by atoms with E-state index in [2.05, 4.69) is 0 Å². The Labute approximate surface area is 123 Å². The van der Waals surface area contributed by atoms with E-state index in [0.717, 1.165) is 22.7 Å². The summed E-state index contributed by atoms with van der Waals surface area (Å²) in [6.07, 6.45) is -0.460. The highest BCUT2D eigenvalue weighted by Gasteiger charge is 2.31. The van der Waals surface area contributed by atoms with Crippen LogP contribution in [0.5, 0.6) is 11.5 Å². The predicted molar refractivity (Wildman–Crippen MR) is 80.7 cm³/mol. The summed E-state index contributed by atoms with van der Waals surface area (Å²) in [6.45, 7) is 2.30. The van der Waals surface area contributed by atoms with Crippen LogP contribution in [-0.4, -0.2) is 19.1 Å². The Kier molecular flexibility index (Phi) is 3.52. The Morgan fingerprint density at radius 3 is 2.57 bits per heavy atom. The zero-order chi connectivity index (χ0) is 14.8. The number of carbonyl (C=O) groups is 1. The average Bonchev–Trinajstić information content (AvgIpc) is 2.52. The minimum atomic E-state index is -0.460. The van der Waals surface area contributed by atoms with Crippen molar-refractivity contribution in [2.75, 3.05) is 12.0 Å². The van der Waals surface area contributed by atoms with E-state index in [9.17, 15) is 4.79 Å². The normalized spacial score (nSPS) is 17.1. The van der Waals surface area contributed by atoms with Gasteiger partial charge < -0.3 is 14.4 Å². The molecule has 1 amide bonds. The maximum atomic E-state index is 12.4. The third-order valence-corrected chi connectivity index (χ3v) is 3.57. The van der Waals surface area contributed by atoms with Gasteiger partial charge in [0, 0.05) is 0 Å². The molecule has 2 aromatic rings. The van der Waals surface area contributed by atoms with Crippen molar-refractivity contribution in [3.63, 3.8) is 0 Å². The minimum absolute atomic E-state index is 0.0236. The van der Waals surface area contributed by atoms with Crippen LogP contribution in [0.2, 0.25) is 0 Å². The monoisotopic (exact) mass is 283 g/mol. The van der Waals surface area contributed by atoms with Gasteiger partial charge in [-0.25, -0.2) is 0 Å². The number of para-hydroxylation sites is 2. The van der Waals surface area contributed by atoms with Crippen LogP contribution in [0.4, 0.5) is 5.69 Å². The van der Waals surface area contributed by atoms with Gasteiger partial charge in [0.15, 0.2) is 6.10 Å². The van der Waals surface area contributed by atoms with Crippen LogP contribution in [-0.2, 0) is 11.3 Å². The molecule has 1 aliphatic heterocycles. The Hall–Kier alpha value is -2.49. The molecule has 0 fully saturated rings. The van der Waals surface area contributed by atoms with Crippen molar-refractivity contribution < 1.29 is 14.3 Å². The first-order valence-corrected chi connectivity index (χ1v) is 6.89. The summed E-state index contributed by atoms with van der Waals surface area (Å²) in [5.41, 5.74) is 1.87. The molecule has 3 rings (SSSR count). The topological polar surface area (TPSA) is 38.8 Å². The lowest BCUT2D eigenvalue weighted by Crippen LogP contribution is -2.43. The number of methoxy groups -OCH3 is 1. The number of hydrogen-bond acceptors (Lipinski definition) is 3. The lowest BCUT2D eigenvalue weighted by Gasteiger charge is -2.33. The second-order valence-electron chi connectivity index (χ2n) is 5.00. The van der Waals surface area contributed by atoms with Gasteiger partial charge in [-0.05, 0) is 36.8 Å². The van der Waals surface area contributed by atoms with E-state index in [1.807, 2.05) is 48.5 Å². The zero-order valence-electron chi connectivity index (χ0n) is 12.1. The molecule has 0 spiro atoms. The summed E-state index contributed by atoms with van der Waals surface area (Å²) >= 11 is 0. The molecule has 0 aliphatic carbocycles. The summed E-state index contributed by atoms with van der Waals surface area (Å²) in [5, 5.41) is 0. The van der Waals surface area contributed by atoms with Gasteiger partial charge in [0.2, 0.25) is 0 Å². The van der Waals surface area contributed by atoms with Gasteiger partial charge >= 0.3 is 0 Å². The molecule has 0 N–H and O–H groups in total. The summed E-state index contributed by atoms with van der Waals surface area (Å²) in [4.78, 5) is 14.2. The van der Waals surface area contributed by atoms with Gasteiger partial charge in [-0.15, -0.1) is 0 Å². The van der Waals surface area contributed by atoms with E-state index >= 15 is 0 Å². The largest absolute Gasteiger partial charge is 0.497 e. The molecule has 1 atom stereocenters. The highest BCUT2D eigenvalue weighted by Crippen LogP contribution is 2.34. The Bertz CT molecular complexity index is 651. The lowest BCUT2D eigenvalue weighted by molar-refractivity contribution is -0.125. The summed E-state index contributed by atoms with van der Waals surface area (Å²) in [7, 11) is 1.64. The van der Waals surface area contributed by atoms with E-state index in [0.29, 0.717) is 6.54 Å². The van der Waals surface area contributed by atoms with E-state index in [-0.39, 0.29) is 5.91 Å². The number of anilines is 1. The smallest absolute Gasteiger partial charge is 0.268 e. The van der Waals surface area contributed by atoms with Crippen LogP contribution < -0.4 is 14.4 Å². The average molecular weight is 283 g/mol. The van der Waals surface area contributed by atoms with Gasteiger partial charge in [0.05, 0.1) is 19.3 Å². The Morgan fingerprint density at radius 2 is 1.86 bits per heavy atom. The predicted octanol–water partition coefficient (Wildman–Crippen LogP) is 3.01. The number of ether oxygens (including phenoxy) is 2. The number of rotatable bonds is 3. The number of fused-ring (bicyclic) bond motifs is 1. The number of amides is 1. The van der Waals surface area contributed by atoms with E-state index in [1.54, 1.807) is 18.9 Å². The second kappa shape index (κ2) is 5.48. The lowest BCUT2D eigenvalue weighted by atomic mass is 10.1. The number of benzene rings is 2. The molecule has 0 radical (unpaired) electrons. The molecule has 4 nitrogen and oxygen atoms in total. The second-order valence-corrected chi connectivity index (χ2v) is 5.00. The van der Waals surface area contributed by atoms with Crippen LogP contribution in [0.3, 0.4) is 0 Å². The van der Waals surface area contributed by atoms with Crippen molar-refractivity contribution >= 4 is 11.6 Å². The molecular formula is C17H17NO3. The summed E-state index contributed by atoms with van der Waals surface area (Å²) in [6, 6.07) is 15.3. The first-order chi connectivity index (χ1) is 10.2. The van der Waals surface area contributed by atoms with Crippen LogP contribution in [0.1, 0.15) is 12.5 Å². The maximum absolute atomic E-state index is 12.4. The summed E-state index contributed by atoms with van der Waals surface area (Å²) < 4.78 is 10.8. The molecule has 1 aliphatic rings. The van der Waals surface area contributed by atoms with Gasteiger partial charge in [-0.2, -0.15) is 0 Å². The summed E-state index contributed by atoms with van der Waals surface area (Å²) in [5.74, 6) is 1.53. The van der Waals surface area contributed by atoms with E-state index in [1.165, 1.54) is 0 Å². The quantitative estimate of drug-likeness (QED) is 0.869. The molecule has 0 bridgehead atoms. The molecule has 0 saturated carbocycles. The van der Waals surface area contributed by atoms with E-state index in [4.69, 9.17) is 9.47 Å². The highest BCUT2D eigenvalue weighted by atomic mass is 16.5. The third-order valence-electron chi connectivity index (χ3n) is 3.57.